The van der Waals surface area contributed by atoms with Gasteiger partial charge in [-0.3, -0.25) is 0 Å². The van der Waals surface area contributed by atoms with Crippen LogP contribution in [0.5, 0.6) is 0 Å². The van der Waals surface area contributed by atoms with E-state index in [4.69, 9.17) is 15.6 Å². The van der Waals surface area contributed by atoms with E-state index in [2.05, 4.69) is 4.99 Å². The van der Waals surface area contributed by atoms with E-state index in [9.17, 15) is 15.3 Å². The van der Waals surface area contributed by atoms with Crippen molar-refractivity contribution in [3.05, 3.63) is 11.8 Å². The van der Waals surface area contributed by atoms with Crippen LogP contribution < -0.4 is 5.73 Å². The second-order valence-corrected chi connectivity index (χ2v) is 4.54. The molecule has 2 rings (SSSR count). The van der Waals surface area contributed by atoms with Gasteiger partial charge in [-0.2, -0.15) is 0 Å². The Kier molecular flexibility index (Phi) is 4.07. The molecule has 2 heterocycles. The average molecular weight is 273 g/mol. The summed E-state index contributed by atoms with van der Waals surface area (Å²) in [4.78, 5) is 5.12. The molecule has 8 heteroatoms. The first-order valence-corrected chi connectivity index (χ1v) is 6.11. The van der Waals surface area contributed by atoms with Crippen molar-refractivity contribution in [2.45, 2.75) is 44.2 Å². The zero-order valence-corrected chi connectivity index (χ0v) is 10.5. The van der Waals surface area contributed by atoms with Crippen LogP contribution in [0.15, 0.2) is 16.8 Å². The van der Waals surface area contributed by atoms with Crippen molar-refractivity contribution in [3.63, 3.8) is 0 Å². The minimum absolute atomic E-state index is 0.234. The van der Waals surface area contributed by atoms with Crippen molar-refractivity contribution < 1.29 is 25.2 Å². The minimum atomic E-state index is -1.29. The molecule has 2 aliphatic rings. The number of aliphatic hydroxyl groups is 4. The Hall–Kier alpha value is -1.19. The van der Waals surface area contributed by atoms with Gasteiger partial charge in [0.15, 0.2) is 6.23 Å². The van der Waals surface area contributed by atoms with E-state index in [1.807, 2.05) is 6.92 Å². The lowest BCUT2D eigenvalue weighted by Gasteiger charge is -2.34. The van der Waals surface area contributed by atoms with Crippen LogP contribution in [0.4, 0.5) is 0 Å². The molecule has 1 fully saturated rings. The van der Waals surface area contributed by atoms with Crippen LogP contribution >= 0.6 is 0 Å². The third-order valence-corrected chi connectivity index (χ3v) is 3.35. The summed E-state index contributed by atoms with van der Waals surface area (Å²) >= 11 is 0. The molecule has 19 heavy (non-hydrogen) atoms. The molecule has 2 aliphatic heterocycles. The maximum Gasteiger partial charge on any atom is 0.229 e. The predicted molar refractivity (Wildman–Crippen MR) is 65.6 cm³/mol. The van der Waals surface area contributed by atoms with Gasteiger partial charge in [0.1, 0.15) is 24.1 Å². The van der Waals surface area contributed by atoms with Crippen molar-refractivity contribution in [1.29, 1.82) is 0 Å². The minimum Gasteiger partial charge on any atom is -0.394 e. The summed E-state index contributed by atoms with van der Waals surface area (Å²) in [7, 11) is 0. The van der Waals surface area contributed by atoms with Crippen LogP contribution in [0.25, 0.3) is 0 Å². The highest BCUT2D eigenvalue weighted by atomic mass is 16.6. The number of aliphatic imine (C=N–C) groups is 1. The van der Waals surface area contributed by atoms with Gasteiger partial charge in [0.25, 0.3) is 0 Å². The molecule has 0 spiro atoms. The third-order valence-electron chi connectivity index (χ3n) is 3.35. The van der Waals surface area contributed by atoms with Crippen molar-refractivity contribution in [1.82, 2.24) is 4.90 Å². The Labute approximate surface area is 110 Å². The van der Waals surface area contributed by atoms with Gasteiger partial charge in [0, 0.05) is 11.8 Å². The van der Waals surface area contributed by atoms with Gasteiger partial charge >= 0.3 is 0 Å². The summed E-state index contributed by atoms with van der Waals surface area (Å²) in [6.07, 6.45) is -3.49. The van der Waals surface area contributed by atoms with Crippen LogP contribution in [0.3, 0.4) is 0 Å². The van der Waals surface area contributed by atoms with Crippen LogP contribution in [0, 0.1) is 0 Å². The Morgan fingerprint density at radius 1 is 1.37 bits per heavy atom. The van der Waals surface area contributed by atoms with E-state index in [0.29, 0.717) is 12.0 Å². The number of hydrogen-bond acceptors (Lipinski definition) is 8. The molecule has 0 aliphatic carbocycles. The van der Waals surface area contributed by atoms with Gasteiger partial charge in [-0.1, -0.05) is 6.92 Å². The van der Waals surface area contributed by atoms with Crippen LogP contribution in [0.2, 0.25) is 0 Å². The fourth-order valence-electron chi connectivity index (χ4n) is 2.19. The maximum absolute atomic E-state index is 9.91. The molecule has 0 aromatic rings. The number of ether oxygens (including phenoxy) is 1. The Bertz CT molecular complexity index is 400. The van der Waals surface area contributed by atoms with Gasteiger partial charge in [-0.25, -0.2) is 4.99 Å². The van der Waals surface area contributed by atoms with Gasteiger partial charge in [-0.15, -0.1) is 0 Å². The third kappa shape index (κ3) is 2.45. The summed E-state index contributed by atoms with van der Waals surface area (Å²) in [5.41, 5.74) is 6.36. The molecule has 0 bridgehead atoms. The van der Waals surface area contributed by atoms with E-state index in [1.54, 1.807) is 6.20 Å². The molecule has 0 aromatic heterocycles. The van der Waals surface area contributed by atoms with Crippen molar-refractivity contribution >= 4 is 5.84 Å². The summed E-state index contributed by atoms with van der Waals surface area (Å²) in [6, 6.07) is 0. The van der Waals surface area contributed by atoms with Crippen LogP contribution in [-0.2, 0) is 4.74 Å². The van der Waals surface area contributed by atoms with Gasteiger partial charge in [0.05, 0.1) is 6.61 Å². The lowest BCUT2D eigenvalue weighted by Crippen LogP contribution is -2.48. The van der Waals surface area contributed by atoms with Gasteiger partial charge in [-0.05, 0) is 6.42 Å². The smallest absolute Gasteiger partial charge is 0.229 e. The van der Waals surface area contributed by atoms with E-state index < -0.39 is 37.5 Å². The topological polar surface area (TPSA) is 132 Å². The summed E-state index contributed by atoms with van der Waals surface area (Å²) in [6.45, 7) is 1.45. The molecule has 108 valence electrons. The zero-order chi connectivity index (χ0) is 14.2. The SMILES string of the molecule is CCC1=CN([C@@H]2O[C@H](CO)C(O)C2O)C(O)N=C1N. The van der Waals surface area contributed by atoms with Crippen molar-refractivity contribution in [2.75, 3.05) is 6.61 Å². The molecular weight excluding hydrogens is 254 g/mol. The first-order valence-electron chi connectivity index (χ1n) is 6.11. The second kappa shape index (κ2) is 5.43. The molecule has 0 radical (unpaired) electrons. The molecule has 5 atom stereocenters. The molecule has 0 saturated carbocycles. The van der Waals surface area contributed by atoms with Gasteiger partial charge < -0.3 is 35.8 Å². The normalized spacial score (nSPS) is 39.2. The van der Waals surface area contributed by atoms with Crippen molar-refractivity contribution in [2.24, 2.45) is 10.7 Å². The van der Waals surface area contributed by atoms with E-state index in [0.717, 1.165) is 0 Å². The zero-order valence-electron chi connectivity index (χ0n) is 10.5. The highest BCUT2D eigenvalue weighted by Crippen LogP contribution is 2.27. The van der Waals surface area contributed by atoms with Gasteiger partial charge in [0.2, 0.25) is 6.35 Å². The van der Waals surface area contributed by atoms with Crippen LogP contribution in [0.1, 0.15) is 13.3 Å². The largest absolute Gasteiger partial charge is 0.394 e. The number of rotatable bonds is 3. The standard InChI is InChI=1S/C11H19N3O5/c1-2-5-3-14(11(18)13-9(5)12)10-8(17)7(16)6(4-15)19-10/h3,6-8,10-11,15-18H,2,4H2,1H3,(H2,12,13)/t6-,7?,8?,10-,11?/m1/s1. The van der Waals surface area contributed by atoms with E-state index in [-0.39, 0.29) is 5.84 Å². The number of amidine groups is 1. The summed E-state index contributed by atoms with van der Waals surface area (Å²) < 4.78 is 5.33. The molecular formula is C11H19N3O5. The molecule has 0 aromatic carbocycles. The Morgan fingerprint density at radius 3 is 2.58 bits per heavy atom. The number of nitrogens with zero attached hydrogens (tertiary/aromatic N) is 2. The monoisotopic (exact) mass is 273 g/mol. The van der Waals surface area contributed by atoms with E-state index in [1.165, 1.54) is 4.90 Å². The first-order chi connectivity index (χ1) is 8.99. The highest BCUT2D eigenvalue weighted by Gasteiger charge is 2.46. The maximum atomic E-state index is 9.91. The van der Waals surface area contributed by atoms with Crippen LogP contribution in [-0.4, -0.2) is 68.7 Å². The second-order valence-electron chi connectivity index (χ2n) is 4.54. The molecule has 6 N–H and O–H groups in total. The van der Waals surface area contributed by atoms with Crippen molar-refractivity contribution in [3.8, 4) is 0 Å². The quantitative estimate of drug-likeness (QED) is 0.389. The molecule has 8 nitrogen and oxygen atoms in total. The van der Waals surface area contributed by atoms with E-state index >= 15 is 0 Å². The first kappa shape index (κ1) is 14.2. The highest BCUT2D eigenvalue weighted by molar-refractivity contribution is 5.97. The fraction of sp³-hybridized carbons (Fsp3) is 0.727. The number of aliphatic hydroxyl groups excluding tert-OH is 4. The Morgan fingerprint density at radius 2 is 2.05 bits per heavy atom. The lowest BCUT2D eigenvalue weighted by molar-refractivity contribution is -0.130. The summed E-state index contributed by atoms with van der Waals surface area (Å²) in [5, 5.41) is 38.5. The number of nitrogens with two attached hydrogens (primary N) is 1. The lowest BCUT2D eigenvalue weighted by atomic mass is 10.1. The molecule has 1 saturated heterocycles. The fourth-order valence-corrected chi connectivity index (χ4v) is 2.19. The predicted octanol–water partition coefficient (Wildman–Crippen LogP) is -2.33. The number of hydrogen-bond donors (Lipinski definition) is 5. The average Bonchev–Trinajstić information content (AvgIpc) is 2.67. The summed E-state index contributed by atoms with van der Waals surface area (Å²) in [5.74, 6) is 0.234. The molecule has 3 unspecified atom stereocenters. The molecule has 0 amide bonds. The Balaban J connectivity index is 2.20.